The second-order valence-corrected chi connectivity index (χ2v) is 6.70. The van der Waals surface area contributed by atoms with Crippen molar-refractivity contribution in [2.45, 2.75) is 31.9 Å². The highest BCUT2D eigenvalue weighted by Crippen LogP contribution is 2.37. The lowest BCUT2D eigenvalue weighted by Crippen LogP contribution is -2.43. The number of hydrogen-bond donors (Lipinski definition) is 3. The Morgan fingerprint density at radius 2 is 2.19 bits per heavy atom. The van der Waals surface area contributed by atoms with E-state index in [2.05, 4.69) is 20.4 Å². The molecule has 1 aliphatic rings. The highest BCUT2D eigenvalue weighted by molar-refractivity contribution is 5.94. The smallest absolute Gasteiger partial charge is 0.285 e. The van der Waals surface area contributed by atoms with Gasteiger partial charge in [-0.15, -0.1) is 0 Å². The van der Waals surface area contributed by atoms with Gasteiger partial charge in [0.2, 0.25) is 0 Å². The lowest BCUT2D eigenvalue weighted by atomic mass is 9.76. The minimum absolute atomic E-state index is 0.0369. The van der Waals surface area contributed by atoms with Crippen molar-refractivity contribution in [3.05, 3.63) is 64.0 Å². The summed E-state index contributed by atoms with van der Waals surface area (Å²) in [6, 6.07) is 6.85. The van der Waals surface area contributed by atoms with E-state index in [1.807, 2.05) is 19.1 Å². The van der Waals surface area contributed by atoms with Crippen LogP contribution in [0.2, 0.25) is 0 Å². The first kappa shape index (κ1) is 16.5. The summed E-state index contributed by atoms with van der Waals surface area (Å²) in [7, 11) is 0. The van der Waals surface area contributed by atoms with E-state index in [9.17, 15) is 14.7 Å². The van der Waals surface area contributed by atoms with E-state index in [0.717, 1.165) is 5.69 Å². The molecule has 0 spiro atoms. The predicted octanol–water partition coefficient (Wildman–Crippen LogP) is 0.968. The maximum absolute atomic E-state index is 12.8. The molecule has 0 saturated heterocycles. The molecule has 134 valence electrons. The number of rotatable bonds is 4. The zero-order chi connectivity index (χ0) is 18.3. The van der Waals surface area contributed by atoms with Crippen molar-refractivity contribution in [3.63, 3.8) is 0 Å². The molecule has 0 aliphatic heterocycles. The Morgan fingerprint density at radius 1 is 1.38 bits per heavy atom. The number of aliphatic hydroxyl groups is 1. The number of nitrogens with zero attached hydrogens (tertiary/aromatic N) is 3. The molecule has 0 bridgehead atoms. The molecule has 1 unspecified atom stereocenters. The Balaban J connectivity index is 1.64. The normalized spacial score (nSPS) is 20.5. The number of carbonyl (C=O) groups excluding carboxylic acids is 1. The third-order valence-corrected chi connectivity index (χ3v) is 4.78. The fourth-order valence-electron chi connectivity index (χ4n) is 3.35. The van der Waals surface area contributed by atoms with Crippen molar-refractivity contribution in [2.24, 2.45) is 5.92 Å². The molecule has 3 N–H and O–H groups in total. The van der Waals surface area contributed by atoms with Gasteiger partial charge in [-0.05, 0) is 37.8 Å². The number of fused-ring (bicyclic) bond motifs is 1. The summed E-state index contributed by atoms with van der Waals surface area (Å²) in [5, 5.41) is 15.4. The van der Waals surface area contributed by atoms with Crippen LogP contribution < -0.4 is 10.9 Å². The number of amides is 1. The highest BCUT2D eigenvalue weighted by atomic mass is 16.3. The number of H-pyrrole nitrogens is 1. The largest absolute Gasteiger partial charge is 0.393 e. The summed E-state index contributed by atoms with van der Waals surface area (Å²) in [6.45, 7) is 1.81. The van der Waals surface area contributed by atoms with E-state index >= 15 is 0 Å². The number of aryl methyl sites for hydroxylation is 1. The van der Waals surface area contributed by atoms with Crippen LogP contribution in [0.25, 0.3) is 5.65 Å². The van der Waals surface area contributed by atoms with Crippen LogP contribution in [0, 0.1) is 12.8 Å². The fourth-order valence-corrected chi connectivity index (χ4v) is 3.35. The maximum Gasteiger partial charge on any atom is 0.285 e. The molecule has 26 heavy (non-hydrogen) atoms. The molecular weight excluding hydrogens is 334 g/mol. The van der Waals surface area contributed by atoms with Crippen LogP contribution >= 0.6 is 0 Å². The first-order chi connectivity index (χ1) is 12.5. The molecule has 1 fully saturated rings. The van der Waals surface area contributed by atoms with Crippen molar-refractivity contribution in [1.82, 2.24) is 24.9 Å². The van der Waals surface area contributed by atoms with Crippen molar-refractivity contribution >= 4 is 11.6 Å². The third kappa shape index (κ3) is 2.88. The number of carbonyl (C=O) groups is 1. The number of nitrogens with one attached hydrogen (secondary N) is 2. The average molecular weight is 353 g/mol. The van der Waals surface area contributed by atoms with Gasteiger partial charge in [0, 0.05) is 24.2 Å². The molecule has 0 aromatic carbocycles. The van der Waals surface area contributed by atoms with Gasteiger partial charge in [0.25, 0.3) is 11.5 Å². The topological polar surface area (TPSA) is 112 Å². The first-order valence-electron chi connectivity index (χ1n) is 8.50. The quantitative estimate of drug-likeness (QED) is 0.647. The molecule has 0 radical (unpaired) electrons. The Bertz CT molecular complexity index is 1000. The summed E-state index contributed by atoms with van der Waals surface area (Å²) in [5.41, 5.74) is 1.47. The molecule has 3 aromatic heterocycles. The summed E-state index contributed by atoms with van der Waals surface area (Å²) in [4.78, 5) is 33.8. The Kier molecular flexibility index (Phi) is 4.04. The zero-order valence-electron chi connectivity index (χ0n) is 14.2. The minimum atomic E-state index is -0.499. The summed E-state index contributed by atoms with van der Waals surface area (Å²) in [6.07, 6.45) is 3.79. The van der Waals surface area contributed by atoms with E-state index < -0.39 is 11.5 Å². The van der Waals surface area contributed by atoms with E-state index in [4.69, 9.17) is 0 Å². The van der Waals surface area contributed by atoms with Crippen LogP contribution in [0.4, 0.5) is 0 Å². The van der Waals surface area contributed by atoms with E-state index in [1.54, 1.807) is 18.3 Å². The molecule has 1 amide bonds. The monoisotopic (exact) mass is 353 g/mol. The Hall–Kier alpha value is -3.00. The summed E-state index contributed by atoms with van der Waals surface area (Å²) < 4.78 is 1.26. The van der Waals surface area contributed by atoms with Gasteiger partial charge in [-0.25, -0.2) is 9.50 Å². The van der Waals surface area contributed by atoms with Crippen molar-refractivity contribution < 1.29 is 9.90 Å². The molecule has 8 nitrogen and oxygen atoms in total. The Labute approximate surface area is 148 Å². The molecule has 3 aromatic rings. The van der Waals surface area contributed by atoms with Crippen LogP contribution in [0.15, 0.2) is 41.5 Å². The molecular formula is C18H19N5O3. The zero-order valence-corrected chi connectivity index (χ0v) is 14.2. The van der Waals surface area contributed by atoms with Crippen LogP contribution in [0.5, 0.6) is 0 Å². The second-order valence-electron chi connectivity index (χ2n) is 6.70. The van der Waals surface area contributed by atoms with E-state index in [1.165, 1.54) is 10.7 Å². The van der Waals surface area contributed by atoms with Gasteiger partial charge in [-0.3, -0.25) is 19.7 Å². The third-order valence-electron chi connectivity index (χ3n) is 4.78. The summed E-state index contributed by atoms with van der Waals surface area (Å²) >= 11 is 0. The lowest BCUT2D eigenvalue weighted by Gasteiger charge is -2.37. The van der Waals surface area contributed by atoms with E-state index in [0.29, 0.717) is 24.2 Å². The van der Waals surface area contributed by atoms with Crippen molar-refractivity contribution in [1.29, 1.82) is 0 Å². The van der Waals surface area contributed by atoms with Crippen molar-refractivity contribution in [3.8, 4) is 0 Å². The van der Waals surface area contributed by atoms with Crippen LogP contribution in [0.3, 0.4) is 0 Å². The molecule has 8 heteroatoms. The minimum Gasteiger partial charge on any atom is -0.393 e. The number of aromatic nitrogens is 4. The van der Waals surface area contributed by atoms with Gasteiger partial charge in [0.1, 0.15) is 5.56 Å². The molecule has 3 heterocycles. The van der Waals surface area contributed by atoms with Gasteiger partial charge in [-0.2, -0.15) is 0 Å². The summed E-state index contributed by atoms with van der Waals surface area (Å²) in [5.74, 6) is -0.419. The number of hydrogen-bond acceptors (Lipinski definition) is 5. The maximum atomic E-state index is 12.8. The molecule has 1 saturated carbocycles. The fraction of sp³-hybridized carbons (Fsp3) is 0.333. The first-order valence-corrected chi connectivity index (χ1v) is 8.50. The highest BCUT2D eigenvalue weighted by Gasteiger charge is 2.36. The van der Waals surface area contributed by atoms with Crippen LogP contribution in [0.1, 0.15) is 40.6 Å². The van der Waals surface area contributed by atoms with Gasteiger partial charge < -0.3 is 10.4 Å². The van der Waals surface area contributed by atoms with E-state index in [-0.39, 0.29) is 23.6 Å². The van der Waals surface area contributed by atoms with Crippen LogP contribution in [-0.2, 0) is 0 Å². The second kappa shape index (κ2) is 6.38. The number of pyridine rings is 1. The average Bonchev–Trinajstić information content (AvgIpc) is 2.99. The number of aromatic amines is 1. The number of aliphatic hydroxyl groups excluding tert-OH is 1. The van der Waals surface area contributed by atoms with Gasteiger partial charge in [0.05, 0.1) is 17.8 Å². The standard InChI is InChI=1S/C18H19N5O3/c1-10-6-15-20-9-13(18(26)23(15)22-10)17(25)21-16(11-7-12(24)8-11)14-4-2-3-5-19-14/h2-6,9,11-12,16,22,24H,7-8H2,1H3,(H,21,25). The predicted molar refractivity (Wildman–Crippen MR) is 93.7 cm³/mol. The lowest BCUT2D eigenvalue weighted by molar-refractivity contribution is 0.0228. The molecule has 1 atom stereocenters. The van der Waals surface area contributed by atoms with Gasteiger partial charge in [0.15, 0.2) is 5.65 Å². The van der Waals surface area contributed by atoms with Gasteiger partial charge in [-0.1, -0.05) is 6.07 Å². The SMILES string of the molecule is Cc1cc2ncc(C(=O)NC(c3ccccn3)C3CC(O)C3)c(=O)n2[nH]1. The molecule has 1 aliphatic carbocycles. The van der Waals surface area contributed by atoms with Crippen molar-refractivity contribution in [2.75, 3.05) is 0 Å². The molecule has 4 rings (SSSR count). The van der Waals surface area contributed by atoms with Crippen LogP contribution in [-0.4, -0.2) is 36.7 Å². The van der Waals surface area contributed by atoms with Gasteiger partial charge >= 0.3 is 0 Å². The Morgan fingerprint density at radius 3 is 2.88 bits per heavy atom.